The molecule has 0 aromatic carbocycles. The normalized spacial score (nSPS) is 17.5. The highest BCUT2D eigenvalue weighted by Gasteiger charge is 2.27. The molecule has 5 nitrogen and oxygen atoms in total. The molecule has 1 rings (SSSR count). The SMILES string of the molecule is CN=C(NCCOC)NCC(C)(C)N1CCCCC1.I. The first-order chi connectivity index (χ1) is 9.10. The number of piperidine rings is 1. The van der Waals surface area contributed by atoms with Gasteiger partial charge in [0.2, 0.25) is 0 Å². The lowest BCUT2D eigenvalue weighted by Gasteiger charge is -2.41. The Morgan fingerprint density at radius 1 is 1.20 bits per heavy atom. The highest BCUT2D eigenvalue weighted by atomic mass is 127. The van der Waals surface area contributed by atoms with Crippen molar-refractivity contribution in [2.45, 2.75) is 38.6 Å². The van der Waals surface area contributed by atoms with Crippen LogP contribution < -0.4 is 10.6 Å². The summed E-state index contributed by atoms with van der Waals surface area (Å²) in [5, 5.41) is 6.65. The fourth-order valence-corrected chi connectivity index (χ4v) is 2.40. The number of hydrogen-bond donors (Lipinski definition) is 2. The summed E-state index contributed by atoms with van der Waals surface area (Å²) in [5.74, 6) is 0.849. The molecule has 2 N–H and O–H groups in total. The molecule has 1 aliphatic rings. The van der Waals surface area contributed by atoms with Crippen molar-refractivity contribution in [2.75, 3.05) is 46.9 Å². The zero-order chi connectivity index (χ0) is 14.1. The predicted octanol–water partition coefficient (Wildman–Crippen LogP) is 1.68. The van der Waals surface area contributed by atoms with Crippen LogP contribution in [0.5, 0.6) is 0 Å². The van der Waals surface area contributed by atoms with Crippen LogP contribution in [0.1, 0.15) is 33.1 Å². The van der Waals surface area contributed by atoms with Gasteiger partial charge in [0.1, 0.15) is 0 Å². The van der Waals surface area contributed by atoms with Crippen molar-refractivity contribution in [3.05, 3.63) is 0 Å². The van der Waals surface area contributed by atoms with Gasteiger partial charge in [-0.25, -0.2) is 0 Å². The second kappa shape index (κ2) is 10.6. The van der Waals surface area contributed by atoms with E-state index in [9.17, 15) is 0 Å². The zero-order valence-electron chi connectivity index (χ0n) is 13.4. The van der Waals surface area contributed by atoms with Gasteiger partial charge in [-0.1, -0.05) is 6.42 Å². The topological polar surface area (TPSA) is 48.9 Å². The Kier molecular flexibility index (Phi) is 10.6. The molecule has 0 aliphatic carbocycles. The van der Waals surface area contributed by atoms with Crippen molar-refractivity contribution in [3.63, 3.8) is 0 Å². The molecular formula is C14H31IN4O. The van der Waals surface area contributed by atoms with E-state index in [0.29, 0.717) is 6.61 Å². The van der Waals surface area contributed by atoms with Crippen LogP contribution in [-0.2, 0) is 4.74 Å². The van der Waals surface area contributed by atoms with Gasteiger partial charge in [0, 0.05) is 32.8 Å². The van der Waals surface area contributed by atoms with E-state index in [4.69, 9.17) is 4.74 Å². The molecule has 0 amide bonds. The third-order valence-electron chi connectivity index (χ3n) is 3.72. The molecule has 1 aliphatic heterocycles. The summed E-state index contributed by atoms with van der Waals surface area (Å²) in [6.07, 6.45) is 4.02. The number of hydrogen-bond acceptors (Lipinski definition) is 3. The number of guanidine groups is 1. The molecule has 0 atom stereocenters. The minimum Gasteiger partial charge on any atom is -0.383 e. The largest absolute Gasteiger partial charge is 0.383 e. The molecule has 1 heterocycles. The summed E-state index contributed by atoms with van der Waals surface area (Å²) in [6, 6.07) is 0. The monoisotopic (exact) mass is 398 g/mol. The Hall–Kier alpha value is -0.0800. The predicted molar refractivity (Wildman–Crippen MR) is 96.2 cm³/mol. The third-order valence-corrected chi connectivity index (χ3v) is 3.72. The molecule has 6 heteroatoms. The Balaban J connectivity index is 0.00000361. The molecule has 0 bridgehead atoms. The second-order valence-electron chi connectivity index (χ2n) is 5.71. The molecule has 1 saturated heterocycles. The van der Waals surface area contributed by atoms with Gasteiger partial charge in [0.25, 0.3) is 0 Å². The number of halogens is 1. The van der Waals surface area contributed by atoms with Crippen LogP contribution >= 0.6 is 24.0 Å². The smallest absolute Gasteiger partial charge is 0.191 e. The average molecular weight is 398 g/mol. The Bertz CT molecular complexity index is 278. The summed E-state index contributed by atoms with van der Waals surface area (Å²) in [4.78, 5) is 6.80. The minimum atomic E-state index is 0. The number of aliphatic imine (C=N–C) groups is 1. The quantitative estimate of drug-likeness (QED) is 0.310. The maximum Gasteiger partial charge on any atom is 0.191 e. The summed E-state index contributed by atoms with van der Waals surface area (Å²) >= 11 is 0. The molecule has 120 valence electrons. The van der Waals surface area contributed by atoms with Crippen LogP contribution in [0, 0.1) is 0 Å². The Morgan fingerprint density at radius 2 is 1.85 bits per heavy atom. The number of nitrogens with one attached hydrogen (secondary N) is 2. The van der Waals surface area contributed by atoms with Crippen molar-refractivity contribution in [2.24, 2.45) is 4.99 Å². The maximum atomic E-state index is 5.02. The lowest BCUT2D eigenvalue weighted by atomic mass is 9.98. The van der Waals surface area contributed by atoms with Crippen LogP contribution in [0.25, 0.3) is 0 Å². The van der Waals surface area contributed by atoms with Crippen molar-refractivity contribution >= 4 is 29.9 Å². The number of rotatable bonds is 6. The molecule has 1 fully saturated rings. The lowest BCUT2D eigenvalue weighted by molar-refractivity contribution is 0.0982. The van der Waals surface area contributed by atoms with Crippen LogP contribution in [-0.4, -0.2) is 63.3 Å². The molecule has 0 unspecified atom stereocenters. The zero-order valence-corrected chi connectivity index (χ0v) is 15.7. The van der Waals surface area contributed by atoms with E-state index < -0.39 is 0 Å². The fraction of sp³-hybridized carbons (Fsp3) is 0.929. The van der Waals surface area contributed by atoms with Crippen molar-refractivity contribution < 1.29 is 4.74 Å². The second-order valence-corrected chi connectivity index (χ2v) is 5.71. The minimum absolute atomic E-state index is 0. The molecular weight excluding hydrogens is 367 g/mol. The van der Waals surface area contributed by atoms with Crippen LogP contribution in [0.2, 0.25) is 0 Å². The highest BCUT2D eigenvalue weighted by molar-refractivity contribution is 14.0. The van der Waals surface area contributed by atoms with Gasteiger partial charge in [-0.2, -0.15) is 0 Å². The van der Waals surface area contributed by atoms with Gasteiger partial charge in [0.15, 0.2) is 5.96 Å². The van der Waals surface area contributed by atoms with Gasteiger partial charge in [-0.3, -0.25) is 9.89 Å². The molecule has 0 aromatic heterocycles. The molecule has 0 saturated carbocycles. The van der Waals surface area contributed by atoms with Crippen LogP contribution in [0.15, 0.2) is 4.99 Å². The molecule has 20 heavy (non-hydrogen) atoms. The van der Waals surface area contributed by atoms with Crippen LogP contribution in [0.4, 0.5) is 0 Å². The fourth-order valence-electron chi connectivity index (χ4n) is 2.40. The first-order valence-electron chi connectivity index (χ1n) is 7.28. The molecule has 0 aromatic rings. The van der Waals surface area contributed by atoms with E-state index >= 15 is 0 Å². The van der Waals surface area contributed by atoms with Gasteiger partial charge in [-0.15, -0.1) is 24.0 Å². The summed E-state index contributed by atoms with van der Waals surface area (Å²) < 4.78 is 5.02. The van der Waals surface area contributed by atoms with Gasteiger partial charge < -0.3 is 15.4 Å². The number of likely N-dealkylation sites (tertiary alicyclic amines) is 1. The van der Waals surface area contributed by atoms with Gasteiger partial charge in [-0.05, 0) is 39.8 Å². The first kappa shape index (κ1) is 19.9. The number of ether oxygens (including phenoxy) is 1. The van der Waals surface area contributed by atoms with E-state index in [1.54, 1.807) is 14.2 Å². The molecule has 0 spiro atoms. The third kappa shape index (κ3) is 7.08. The van der Waals surface area contributed by atoms with Crippen LogP contribution in [0.3, 0.4) is 0 Å². The number of methoxy groups -OCH3 is 1. The molecule has 0 radical (unpaired) electrons. The standard InChI is InChI=1S/C14H30N4O.HI/c1-14(2,18-9-6-5-7-10-18)12-17-13(15-3)16-8-11-19-4;/h5-12H2,1-4H3,(H2,15,16,17);1H. The van der Waals surface area contributed by atoms with E-state index in [1.807, 2.05) is 0 Å². The van der Waals surface area contributed by atoms with Gasteiger partial charge in [0.05, 0.1) is 6.61 Å². The summed E-state index contributed by atoms with van der Waals surface area (Å²) in [6.45, 7) is 9.40. The van der Waals surface area contributed by atoms with E-state index in [0.717, 1.165) is 19.0 Å². The first-order valence-corrected chi connectivity index (χ1v) is 7.28. The highest BCUT2D eigenvalue weighted by Crippen LogP contribution is 2.19. The summed E-state index contributed by atoms with van der Waals surface area (Å²) in [5.41, 5.74) is 0.166. The van der Waals surface area contributed by atoms with Crippen molar-refractivity contribution in [1.29, 1.82) is 0 Å². The van der Waals surface area contributed by atoms with E-state index in [2.05, 4.69) is 34.4 Å². The Labute approximate surface area is 140 Å². The summed E-state index contributed by atoms with van der Waals surface area (Å²) in [7, 11) is 3.51. The van der Waals surface area contributed by atoms with E-state index in [-0.39, 0.29) is 29.5 Å². The maximum absolute atomic E-state index is 5.02. The van der Waals surface area contributed by atoms with Gasteiger partial charge >= 0.3 is 0 Å². The number of nitrogens with zero attached hydrogens (tertiary/aromatic N) is 2. The Morgan fingerprint density at radius 3 is 2.40 bits per heavy atom. The van der Waals surface area contributed by atoms with Crippen molar-refractivity contribution in [1.82, 2.24) is 15.5 Å². The van der Waals surface area contributed by atoms with Crippen molar-refractivity contribution in [3.8, 4) is 0 Å². The lowest BCUT2D eigenvalue weighted by Crippen LogP contribution is -2.55. The average Bonchev–Trinajstić information content (AvgIpc) is 2.43. The van der Waals surface area contributed by atoms with E-state index in [1.165, 1.54) is 32.4 Å².